The number of benzene rings is 2. The van der Waals surface area contributed by atoms with E-state index in [0.717, 1.165) is 15.6 Å². The molecule has 0 bridgehead atoms. The van der Waals surface area contributed by atoms with Crippen LogP contribution in [0.2, 0.25) is 0 Å². The Balaban J connectivity index is 1.40. The molecule has 0 radical (unpaired) electrons. The number of nitrogens with one attached hydrogen (secondary N) is 1. The lowest BCUT2D eigenvalue weighted by molar-refractivity contribution is -0.147. The van der Waals surface area contributed by atoms with Crippen LogP contribution >= 0.6 is 15.9 Å². The molecule has 0 aromatic heterocycles. The zero-order valence-corrected chi connectivity index (χ0v) is 14.9. The SMILES string of the molecule is O=C(COC(=O)Cc1ccc(Br)cc1)NCc1ccc2c(c1)OCO2. The molecule has 1 N–H and O–H groups in total. The van der Waals surface area contributed by atoms with E-state index in [0.29, 0.717) is 18.0 Å². The van der Waals surface area contributed by atoms with Crippen LogP contribution in [0.25, 0.3) is 0 Å². The number of carbonyl (C=O) groups is 2. The smallest absolute Gasteiger partial charge is 0.310 e. The lowest BCUT2D eigenvalue weighted by Crippen LogP contribution is -2.28. The van der Waals surface area contributed by atoms with Crippen molar-refractivity contribution in [3.8, 4) is 11.5 Å². The Labute approximate surface area is 153 Å². The van der Waals surface area contributed by atoms with Gasteiger partial charge in [-0.1, -0.05) is 34.1 Å². The number of hydrogen-bond acceptors (Lipinski definition) is 5. The zero-order valence-electron chi connectivity index (χ0n) is 13.3. The summed E-state index contributed by atoms with van der Waals surface area (Å²) in [6, 6.07) is 12.8. The largest absolute Gasteiger partial charge is 0.455 e. The van der Waals surface area contributed by atoms with Crippen molar-refractivity contribution >= 4 is 27.8 Å². The molecule has 1 heterocycles. The van der Waals surface area contributed by atoms with Gasteiger partial charge < -0.3 is 19.5 Å². The first kappa shape index (κ1) is 17.3. The third-order valence-electron chi connectivity index (χ3n) is 3.55. The van der Waals surface area contributed by atoms with Crippen LogP contribution in [0.4, 0.5) is 0 Å². The van der Waals surface area contributed by atoms with E-state index in [9.17, 15) is 9.59 Å². The Bertz CT molecular complexity index is 776. The molecule has 2 aromatic carbocycles. The van der Waals surface area contributed by atoms with Crippen molar-refractivity contribution in [1.82, 2.24) is 5.32 Å². The predicted molar refractivity (Wildman–Crippen MR) is 93.2 cm³/mol. The van der Waals surface area contributed by atoms with E-state index in [2.05, 4.69) is 21.2 Å². The van der Waals surface area contributed by atoms with Gasteiger partial charge in [0.15, 0.2) is 18.1 Å². The molecule has 0 saturated carbocycles. The lowest BCUT2D eigenvalue weighted by Gasteiger charge is -2.07. The number of rotatable bonds is 6. The van der Waals surface area contributed by atoms with E-state index in [-0.39, 0.29) is 25.7 Å². The van der Waals surface area contributed by atoms with Gasteiger partial charge in [-0.25, -0.2) is 0 Å². The average molecular weight is 406 g/mol. The van der Waals surface area contributed by atoms with Crippen molar-refractivity contribution < 1.29 is 23.8 Å². The molecule has 0 saturated heterocycles. The van der Waals surface area contributed by atoms with Crippen LogP contribution in [0.5, 0.6) is 11.5 Å². The molecule has 0 spiro atoms. The summed E-state index contributed by atoms with van der Waals surface area (Å²) in [4.78, 5) is 23.6. The summed E-state index contributed by atoms with van der Waals surface area (Å²) in [5.74, 6) is 0.548. The van der Waals surface area contributed by atoms with Gasteiger partial charge in [-0.2, -0.15) is 0 Å². The zero-order chi connectivity index (χ0) is 17.6. The molecule has 0 fully saturated rings. The van der Waals surface area contributed by atoms with Gasteiger partial charge in [0.1, 0.15) is 0 Å². The van der Waals surface area contributed by atoms with Crippen molar-refractivity contribution in [2.45, 2.75) is 13.0 Å². The van der Waals surface area contributed by atoms with E-state index < -0.39 is 5.97 Å². The van der Waals surface area contributed by atoms with Gasteiger partial charge in [-0.3, -0.25) is 9.59 Å². The highest BCUT2D eigenvalue weighted by Gasteiger charge is 2.14. The summed E-state index contributed by atoms with van der Waals surface area (Å²) in [7, 11) is 0. The van der Waals surface area contributed by atoms with Gasteiger partial charge in [0.25, 0.3) is 5.91 Å². The van der Waals surface area contributed by atoms with Gasteiger partial charge in [-0.15, -0.1) is 0 Å². The Morgan fingerprint density at radius 3 is 2.56 bits per heavy atom. The second kappa shape index (κ2) is 8.02. The van der Waals surface area contributed by atoms with Crippen molar-refractivity contribution in [3.05, 3.63) is 58.1 Å². The number of carbonyl (C=O) groups excluding carboxylic acids is 2. The van der Waals surface area contributed by atoms with Crippen LogP contribution in [0.3, 0.4) is 0 Å². The number of fused-ring (bicyclic) bond motifs is 1. The summed E-state index contributed by atoms with van der Waals surface area (Å²) >= 11 is 3.33. The van der Waals surface area contributed by atoms with Crippen molar-refractivity contribution in [2.75, 3.05) is 13.4 Å². The topological polar surface area (TPSA) is 73.9 Å². The molecule has 130 valence electrons. The summed E-state index contributed by atoms with van der Waals surface area (Å²) in [5, 5.41) is 2.70. The Morgan fingerprint density at radius 2 is 1.76 bits per heavy atom. The summed E-state index contributed by atoms with van der Waals surface area (Å²) in [6.07, 6.45) is 0.128. The number of amides is 1. The van der Waals surface area contributed by atoms with E-state index >= 15 is 0 Å². The minimum Gasteiger partial charge on any atom is -0.455 e. The Hall–Kier alpha value is -2.54. The Morgan fingerprint density at radius 1 is 1.04 bits per heavy atom. The van der Waals surface area contributed by atoms with Crippen LogP contribution in [-0.2, 0) is 27.3 Å². The third-order valence-corrected chi connectivity index (χ3v) is 4.08. The van der Waals surface area contributed by atoms with E-state index in [1.807, 2.05) is 36.4 Å². The fourth-order valence-corrected chi connectivity index (χ4v) is 2.53. The monoisotopic (exact) mass is 405 g/mol. The third kappa shape index (κ3) is 4.96. The van der Waals surface area contributed by atoms with E-state index in [1.165, 1.54) is 0 Å². The first-order valence-electron chi connectivity index (χ1n) is 7.65. The van der Waals surface area contributed by atoms with Gasteiger partial charge in [0.2, 0.25) is 6.79 Å². The van der Waals surface area contributed by atoms with Gasteiger partial charge in [0.05, 0.1) is 6.42 Å². The Kier molecular flexibility index (Phi) is 5.55. The number of halogens is 1. The second-order valence-corrected chi connectivity index (χ2v) is 6.34. The molecule has 1 aliphatic heterocycles. The van der Waals surface area contributed by atoms with Crippen LogP contribution in [0.1, 0.15) is 11.1 Å². The fraction of sp³-hybridized carbons (Fsp3) is 0.222. The molecule has 0 atom stereocenters. The number of ether oxygens (including phenoxy) is 3. The molecular weight excluding hydrogens is 390 g/mol. The maximum atomic E-state index is 11.8. The van der Waals surface area contributed by atoms with Crippen LogP contribution < -0.4 is 14.8 Å². The molecule has 0 aliphatic carbocycles. The minimum atomic E-state index is -0.444. The van der Waals surface area contributed by atoms with Gasteiger partial charge in [0, 0.05) is 11.0 Å². The maximum Gasteiger partial charge on any atom is 0.310 e. The number of esters is 1. The highest BCUT2D eigenvalue weighted by Crippen LogP contribution is 2.32. The molecule has 0 unspecified atom stereocenters. The maximum absolute atomic E-state index is 11.8. The van der Waals surface area contributed by atoms with Gasteiger partial charge >= 0.3 is 5.97 Å². The quantitative estimate of drug-likeness (QED) is 0.747. The highest BCUT2D eigenvalue weighted by atomic mass is 79.9. The predicted octanol–water partition coefficient (Wildman–Crippen LogP) is 2.58. The number of hydrogen-bond donors (Lipinski definition) is 1. The van der Waals surface area contributed by atoms with Crippen molar-refractivity contribution in [1.29, 1.82) is 0 Å². The van der Waals surface area contributed by atoms with Crippen LogP contribution in [0.15, 0.2) is 46.9 Å². The van der Waals surface area contributed by atoms with Crippen LogP contribution in [0, 0.1) is 0 Å². The molecule has 1 amide bonds. The highest BCUT2D eigenvalue weighted by molar-refractivity contribution is 9.10. The molecule has 1 aliphatic rings. The fourth-order valence-electron chi connectivity index (χ4n) is 2.27. The van der Waals surface area contributed by atoms with Crippen molar-refractivity contribution in [2.24, 2.45) is 0 Å². The summed E-state index contributed by atoms with van der Waals surface area (Å²) < 4.78 is 16.4. The molecule has 25 heavy (non-hydrogen) atoms. The molecule has 7 heteroatoms. The standard InChI is InChI=1S/C18H16BrNO5/c19-14-4-1-12(2-5-14)8-18(22)23-10-17(21)20-9-13-3-6-15-16(7-13)25-11-24-15/h1-7H,8-11H2,(H,20,21). The average Bonchev–Trinajstić information content (AvgIpc) is 3.08. The molecule has 3 rings (SSSR count). The van der Waals surface area contributed by atoms with E-state index in [1.54, 1.807) is 6.07 Å². The van der Waals surface area contributed by atoms with E-state index in [4.69, 9.17) is 14.2 Å². The first-order valence-corrected chi connectivity index (χ1v) is 8.45. The molecular formula is C18H16BrNO5. The molecule has 6 nitrogen and oxygen atoms in total. The van der Waals surface area contributed by atoms with Gasteiger partial charge in [-0.05, 0) is 35.4 Å². The normalized spacial score (nSPS) is 11.9. The lowest BCUT2D eigenvalue weighted by atomic mass is 10.2. The second-order valence-electron chi connectivity index (χ2n) is 5.43. The first-order chi connectivity index (χ1) is 12.1. The summed E-state index contributed by atoms with van der Waals surface area (Å²) in [5.41, 5.74) is 1.70. The van der Waals surface area contributed by atoms with Crippen molar-refractivity contribution in [3.63, 3.8) is 0 Å². The minimum absolute atomic E-state index is 0.128. The summed E-state index contributed by atoms with van der Waals surface area (Å²) in [6.45, 7) is 0.221. The van der Waals surface area contributed by atoms with Crippen LogP contribution in [-0.4, -0.2) is 25.3 Å². The molecule has 2 aromatic rings.